The van der Waals surface area contributed by atoms with Crippen molar-refractivity contribution in [3.8, 4) is 5.75 Å². The van der Waals surface area contributed by atoms with E-state index < -0.39 is 0 Å². The lowest BCUT2D eigenvalue weighted by atomic mass is 10.1. The number of hydrogen-bond donors (Lipinski definition) is 2. The van der Waals surface area contributed by atoms with E-state index in [1.165, 1.54) is 5.56 Å². The lowest BCUT2D eigenvalue weighted by molar-refractivity contribution is 0.409. The molecule has 24 heavy (non-hydrogen) atoms. The second kappa shape index (κ2) is 7.83. The summed E-state index contributed by atoms with van der Waals surface area (Å²) in [5, 5.41) is 8.63. The van der Waals surface area contributed by atoms with E-state index in [0.29, 0.717) is 6.54 Å². The van der Waals surface area contributed by atoms with Crippen LogP contribution in [0, 0.1) is 0 Å². The number of thiazole rings is 1. The number of nitrogens with one attached hydrogen (secondary N) is 2. The van der Waals surface area contributed by atoms with Crippen molar-refractivity contribution in [3.63, 3.8) is 0 Å². The van der Waals surface area contributed by atoms with E-state index in [-0.39, 0.29) is 0 Å². The van der Waals surface area contributed by atoms with Crippen LogP contribution in [0.4, 0.5) is 0 Å². The monoisotopic (exact) mass is 343 g/mol. The van der Waals surface area contributed by atoms with Crippen molar-refractivity contribution < 1.29 is 4.74 Å². The Morgan fingerprint density at radius 1 is 1.33 bits per heavy atom. The molecule has 3 rings (SSSR count). The SMILES string of the molecule is CN=C(NCCc1ccccc1OC)NCc1cn2ccsc2n1. The summed E-state index contributed by atoms with van der Waals surface area (Å²) in [6.07, 6.45) is 4.91. The van der Waals surface area contributed by atoms with Gasteiger partial charge in [-0.2, -0.15) is 0 Å². The first-order valence-electron chi connectivity index (χ1n) is 7.77. The molecule has 0 fully saturated rings. The summed E-state index contributed by atoms with van der Waals surface area (Å²) in [5.41, 5.74) is 2.17. The highest BCUT2D eigenvalue weighted by atomic mass is 32.1. The van der Waals surface area contributed by atoms with Gasteiger partial charge in [0, 0.05) is 31.4 Å². The van der Waals surface area contributed by atoms with Crippen molar-refractivity contribution in [1.29, 1.82) is 0 Å². The molecule has 0 radical (unpaired) electrons. The maximum atomic E-state index is 5.37. The van der Waals surface area contributed by atoms with Crippen LogP contribution < -0.4 is 15.4 Å². The normalized spacial score (nSPS) is 11.7. The molecule has 0 aliphatic carbocycles. The summed E-state index contributed by atoms with van der Waals surface area (Å²) in [4.78, 5) is 9.80. The van der Waals surface area contributed by atoms with Gasteiger partial charge in [0.1, 0.15) is 5.75 Å². The molecular formula is C17H21N5OS. The molecule has 2 heterocycles. The number of guanidine groups is 1. The number of para-hydroxylation sites is 1. The van der Waals surface area contributed by atoms with E-state index in [2.05, 4.69) is 26.7 Å². The molecule has 0 unspecified atom stereocenters. The Morgan fingerprint density at radius 2 is 2.21 bits per heavy atom. The Hall–Kier alpha value is -2.54. The van der Waals surface area contributed by atoms with Gasteiger partial charge in [0.2, 0.25) is 0 Å². The van der Waals surface area contributed by atoms with Crippen molar-refractivity contribution in [2.24, 2.45) is 4.99 Å². The Labute approximate surface area is 145 Å². The van der Waals surface area contributed by atoms with E-state index in [9.17, 15) is 0 Å². The Balaban J connectivity index is 1.49. The number of fused-ring (bicyclic) bond motifs is 1. The van der Waals surface area contributed by atoms with Gasteiger partial charge in [-0.3, -0.25) is 9.39 Å². The number of aliphatic imine (C=N–C) groups is 1. The second-order valence-electron chi connectivity index (χ2n) is 5.24. The van der Waals surface area contributed by atoms with Crippen LogP contribution >= 0.6 is 11.3 Å². The van der Waals surface area contributed by atoms with Crippen LogP contribution in [-0.2, 0) is 13.0 Å². The molecule has 0 atom stereocenters. The molecule has 6 nitrogen and oxygen atoms in total. The van der Waals surface area contributed by atoms with E-state index in [4.69, 9.17) is 4.74 Å². The number of aromatic nitrogens is 2. The number of imidazole rings is 1. The summed E-state index contributed by atoms with van der Waals surface area (Å²) in [6.45, 7) is 1.42. The average molecular weight is 343 g/mol. The van der Waals surface area contributed by atoms with Crippen LogP contribution in [-0.4, -0.2) is 36.0 Å². The molecule has 3 aromatic rings. The van der Waals surface area contributed by atoms with Gasteiger partial charge >= 0.3 is 0 Å². The van der Waals surface area contributed by atoms with Crippen molar-refractivity contribution >= 4 is 22.3 Å². The molecule has 0 spiro atoms. The largest absolute Gasteiger partial charge is 0.496 e. The van der Waals surface area contributed by atoms with Gasteiger partial charge in [-0.1, -0.05) is 18.2 Å². The third-order valence-electron chi connectivity index (χ3n) is 3.68. The first-order chi connectivity index (χ1) is 11.8. The van der Waals surface area contributed by atoms with Crippen molar-refractivity contribution in [1.82, 2.24) is 20.0 Å². The van der Waals surface area contributed by atoms with Gasteiger partial charge in [0.15, 0.2) is 10.9 Å². The quantitative estimate of drug-likeness (QED) is 0.533. The molecule has 0 saturated heterocycles. The highest BCUT2D eigenvalue weighted by molar-refractivity contribution is 7.15. The number of hydrogen-bond acceptors (Lipinski definition) is 4. The van der Waals surface area contributed by atoms with E-state index >= 15 is 0 Å². The summed E-state index contributed by atoms with van der Waals surface area (Å²) in [5.74, 6) is 1.68. The summed E-state index contributed by atoms with van der Waals surface area (Å²) < 4.78 is 7.40. The first kappa shape index (κ1) is 16.3. The maximum absolute atomic E-state index is 5.37. The summed E-state index contributed by atoms with van der Waals surface area (Å²) >= 11 is 1.63. The van der Waals surface area contributed by atoms with Crippen molar-refractivity contribution in [3.05, 3.63) is 53.3 Å². The molecule has 7 heteroatoms. The van der Waals surface area contributed by atoms with Gasteiger partial charge in [0.05, 0.1) is 19.3 Å². The second-order valence-corrected chi connectivity index (χ2v) is 6.11. The average Bonchev–Trinajstić information content (AvgIpc) is 3.19. The molecule has 0 amide bonds. The highest BCUT2D eigenvalue weighted by Gasteiger charge is 2.05. The van der Waals surface area contributed by atoms with E-state index in [1.54, 1.807) is 25.5 Å². The lowest BCUT2D eigenvalue weighted by Crippen LogP contribution is -2.37. The minimum atomic E-state index is 0.642. The smallest absolute Gasteiger partial charge is 0.193 e. The standard InChI is InChI=1S/C17H21N5OS/c1-18-16(19-8-7-13-5-3-4-6-15(13)23-2)20-11-14-12-22-9-10-24-17(22)21-14/h3-6,9-10,12H,7-8,11H2,1-2H3,(H2,18,19,20). The van der Waals surface area contributed by atoms with Crippen LogP contribution in [0.1, 0.15) is 11.3 Å². The molecular weight excluding hydrogens is 322 g/mol. The van der Waals surface area contributed by atoms with Crippen LogP contribution in [0.15, 0.2) is 47.0 Å². The molecule has 0 bridgehead atoms. The fraction of sp³-hybridized carbons (Fsp3) is 0.294. The molecule has 0 aliphatic rings. The zero-order chi connectivity index (χ0) is 16.8. The number of methoxy groups -OCH3 is 1. The number of rotatable bonds is 6. The van der Waals surface area contributed by atoms with Crippen LogP contribution in [0.5, 0.6) is 5.75 Å². The third-order valence-corrected chi connectivity index (χ3v) is 4.45. The predicted molar refractivity (Wildman–Crippen MR) is 98.0 cm³/mol. The fourth-order valence-corrected chi connectivity index (χ4v) is 3.20. The number of ether oxygens (including phenoxy) is 1. The number of benzene rings is 1. The molecule has 126 valence electrons. The van der Waals surface area contributed by atoms with Gasteiger partial charge in [-0.15, -0.1) is 11.3 Å². The molecule has 0 aliphatic heterocycles. The van der Waals surface area contributed by atoms with Crippen LogP contribution in [0.3, 0.4) is 0 Å². The van der Waals surface area contributed by atoms with Crippen LogP contribution in [0.25, 0.3) is 4.96 Å². The van der Waals surface area contributed by atoms with Gasteiger partial charge in [-0.05, 0) is 18.1 Å². The zero-order valence-electron chi connectivity index (χ0n) is 13.8. The van der Waals surface area contributed by atoms with E-state index in [1.807, 2.05) is 40.4 Å². The van der Waals surface area contributed by atoms with Gasteiger partial charge in [-0.25, -0.2) is 4.98 Å². The molecule has 1 aromatic carbocycles. The van der Waals surface area contributed by atoms with Crippen molar-refractivity contribution in [2.45, 2.75) is 13.0 Å². The Morgan fingerprint density at radius 3 is 3.00 bits per heavy atom. The summed E-state index contributed by atoms with van der Waals surface area (Å²) in [6, 6.07) is 8.06. The first-order valence-corrected chi connectivity index (χ1v) is 8.65. The fourth-order valence-electron chi connectivity index (χ4n) is 2.48. The molecule has 2 N–H and O–H groups in total. The lowest BCUT2D eigenvalue weighted by Gasteiger charge is -2.12. The summed E-state index contributed by atoms with van der Waals surface area (Å²) in [7, 11) is 3.46. The van der Waals surface area contributed by atoms with Gasteiger partial charge in [0.25, 0.3) is 0 Å². The Kier molecular flexibility index (Phi) is 5.32. The van der Waals surface area contributed by atoms with Gasteiger partial charge < -0.3 is 15.4 Å². The zero-order valence-corrected chi connectivity index (χ0v) is 14.6. The van der Waals surface area contributed by atoms with E-state index in [0.717, 1.165) is 35.3 Å². The minimum Gasteiger partial charge on any atom is -0.496 e. The third kappa shape index (κ3) is 3.86. The highest BCUT2D eigenvalue weighted by Crippen LogP contribution is 2.17. The minimum absolute atomic E-state index is 0.642. The van der Waals surface area contributed by atoms with Crippen molar-refractivity contribution in [2.75, 3.05) is 20.7 Å². The molecule has 0 saturated carbocycles. The Bertz CT molecular complexity index is 795. The van der Waals surface area contributed by atoms with Crippen LogP contribution in [0.2, 0.25) is 0 Å². The molecule has 2 aromatic heterocycles. The number of nitrogens with zero attached hydrogens (tertiary/aromatic N) is 3. The predicted octanol–water partition coefficient (Wildman–Crippen LogP) is 2.31. The topological polar surface area (TPSA) is 63.0 Å². The maximum Gasteiger partial charge on any atom is 0.193 e.